The first-order chi connectivity index (χ1) is 17.8. The van der Waals surface area contributed by atoms with Crippen LogP contribution in [0, 0.1) is 0 Å². The van der Waals surface area contributed by atoms with E-state index in [-0.39, 0.29) is 24.4 Å². The molecule has 0 spiro atoms. The van der Waals surface area contributed by atoms with Crippen molar-refractivity contribution in [2.45, 2.75) is 31.3 Å². The molecule has 190 valence electrons. The van der Waals surface area contributed by atoms with E-state index in [4.69, 9.17) is 9.84 Å². The van der Waals surface area contributed by atoms with Crippen LogP contribution in [0.4, 0.5) is 0 Å². The molecule has 0 aliphatic heterocycles. The van der Waals surface area contributed by atoms with Crippen molar-refractivity contribution < 1.29 is 23.1 Å². The minimum atomic E-state index is -3.85. The van der Waals surface area contributed by atoms with Gasteiger partial charge in [0.2, 0.25) is 10.0 Å². The van der Waals surface area contributed by atoms with Crippen LogP contribution in [0.25, 0.3) is 11.1 Å². The molecule has 0 unspecified atom stereocenters. The van der Waals surface area contributed by atoms with Crippen LogP contribution in [0.15, 0.2) is 102 Å². The third kappa shape index (κ3) is 6.81. The van der Waals surface area contributed by atoms with E-state index in [1.54, 1.807) is 48.5 Å². The number of benzene rings is 3. The fraction of sp³-hybridized carbons (Fsp3) is 0.172. The lowest BCUT2D eigenvalue weighted by Crippen LogP contribution is -2.30. The highest BCUT2D eigenvalue weighted by Gasteiger charge is 2.25. The molecule has 0 aliphatic rings. The first-order valence-corrected chi connectivity index (χ1v) is 13.3. The van der Waals surface area contributed by atoms with E-state index < -0.39 is 16.0 Å². The van der Waals surface area contributed by atoms with Gasteiger partial charge in [-0.3, -0.25) is 9.78 Å². The second kappa shape index (κ2) is 11.8. The topological polar surface area (TPSA) is 96.8 Å². The minimum absolute atomic E-state index is 0.00282. The van der Waals surface area contributed by atoms with Crippen LogP contribution in [0.1, 0.15) is 23.9 Å². The van der Waals surface area contributed by atoms with Crippen molar-refractivity contribution in [1.82, 2.24) is 9.29 Å². The number of carboxylic acids is 1. The molecule has 37 heavy (non-hydrogen) atoms. The number of hydrogen-bond acceptors (Lipinski definition) is 5. The highest BCUT2D eigenvalue weighted by Crippen LogP contribution is 2.26. The van der Waals surface area contributed by atoms with E-state index in [2.05, 4.69) is 4.98 Å². The summed E-state index contributed by atoms with van der Waals surface area (Å²) in [6, 6.07) is 28.8. The second-order valence-corrected chi connectivity index (χ2v) is 10.4. The molecule has 3 aromatic carbocycles. The molecule has 8 heteroatoms. The van der Waals surface area contributed by atoms with Crippen LogP contribution in [0.2, 0.25) is 0 Å². The third-order valence-electron chi connectivity index (χ3n) is 5.71. The summed E-state index contributed by atoms with van der Waals surface area (Å²) in [5.41, 5.74) is 3.66. The number of carboxylic acid groups (broad SMARTS) is 1. The van der Waals surface area contributed by atoms with Crippen LogP contribution >= 0.6 is 0 Å². The highest BCUT2D eigenvalue weighted by molar-refractivity contribution is 7.89. The van der Waals surface area contributed by atoms with Crippen molar-refractivity contribution in [3.05, 3.63) is 114 Å². The molecule has 1 aromatic heterocycles. The number of aromatic nitrogens is 1. The van der Waals surface area contributed by atoms with Gasteiger partial charge < -0.3 is 9.84 Å². The van der Waals surface area contributed by atoms with Gasteiger partial charge in [0.1, 0.15) is 5.75 Å². The van der Waals surface area contributed by atoms with E-state index in [1.165, 1.54) is 4.31 Å². The van der Waals surface area contributed by atoms with E-state index in [0.29, 0.717) is 18.0 Å². The number of rotatable bonds is 11. The Balaban J connectivity index is 1.62. The second-order valence-electron chi connectivity index (χ2n) is 8.43. The Morgan fingerprint density at radius 3 is 2.24 bits per heavy atom. The van der Waals surface area contributed by atoms with Crippen LogP contribution in [0.5, 0.6) is 5.75 Å². The molecule has 0 saturated carbocycles. The summed E-state index contributed by atoms with van der Waals surface area (Å²) in [6.07, 6.45) is -0.231. The van der Waals surface area contributed by atoms with Crippen molar-refractivity contribution in [3.8, 4) is 16.9 Å². The Morgan fingerprint density at radius 2 is 1.54 bits per heavy atom. The van der Waals surface area contributed by atoms with E-state index in [9.17, 15) is 13.2 Å². The number of nitrogens with zero attached hydrogens (tertiary/aromatic N) is 2. The van der Waals surface area contributed by atoms with Gasteiger partial charge in [0, 0.05) is 6.54 Å². The van der Waals surface area contributed by atoms with Crippen molar-refractivity contribution in [1.29, 1.82) is 0 Å². The van der Waals surface area contributed by atoms with Crippen molar-refractivity contribution >= 4 is 16.0 Å². The van der Waals surface area contributed by atoms with Crippen molar-refractivity contribution in [2.24, 2.45) is 0 Å². The maximum atomic E-state index is 13.6. The van der Waals surface area contributed by atoms with Crippen LogP contribution in [0.3, 0.4) is 0 Å². The molecule has 0 bridgehead atoms. The summed E-state index contributed by atoms with van der Waals surface area (Å²) in [6.45, 7) is 2.65. The number of hydrogen-bond donors (Lipinski definition) is 1. The normalized spacial score (nSPS) is 11.4. The predicted molar refractivity (Wildman–Crippen MR) is 141 cm³/mol. The Morgan fingerprint density at radius 1 is 0.838 bits per heavy atom. The maximum absolute atomic E-state index is 13.6. The zero-order chi connectivity index (χ0) is 26.3. The van der Waals surface area contributed by atoms with Gasteiger partial charge in [-0.15, -0.1) is 0 Å². The number of carbonyl (C=O) groups is 1. The van der Waals surface area contributed by atoms with Crippen LogP contribution < -0.4 is 4.74 Å². The Hall–Kier alpha value is -4.01. The summed E-state index contributed by atoms with van der Waals surface area (Å²) in [4.78, 5) is 15.7. The van der Waals surface area contributed by atoms with Crippen LogP contribution in [-0.2, 0) is 34.3 Å². The molecular weight excluding hydrogens is 488 g/mol. The quantitative estimate of drug-likeness (QED) is 0.296. The molecule has 4 rings (SSSR count). The van der Waals surface area contributed by atoms with Gasteiger partial charge >= 0.3 is 5.97 Å². The zero-order valence-corrected chi connectivity index (χ0v) is 21.3. The first-order valence-electron chi connectivity index (χ1n) is 11.9. The molecule has 4 aromatic rings. The highest BCUT2D eigenvalue weighted by atomic mass is 32.2. The lowest BCUT2D eigenvalue weighted by molar-refractivity contribution is -0.136. The first kappa shape index (κ1) is 26.1. The van der Waals surface area contributed by atoms with E-state index >= 15 is 0 Å². The SMILES string of the molecule is CCOc1cccc(-c2ccc(CN(Cc3cccc(CC(=O)O)n3)S(=O)(=O)c3ccccc3)cc2)c1. The maximum Gasteiger partial charge on any atom is 0.309 e. The molecule has 0 amide bonds. The Labute approximate surface area is 217 Å². The van der Waals surface area contributed by atoms with Gasteiger partial charge in [0.15, 0.2) is 0 Å². The molecule has 0 aliphatic carbocycles. The molecule has 0 saturated heterocycles. The average molecular weight is 517 g/mol. The summed E-state index contributed by atoms with van der Waals surface area (Å²) in [5.74, 6) is -0.202. The zero-order valence-electron chi connectivity index (χ0n) is 20.4. The summed E-state index contributed by atoms with van der Waals surface area (Å²) in [5, 5.41) is 9.11. The van der Waals surface area contributed by atoms with Gasteiger partial charge in [0.05, 0.1) is 35.9 Å². The number of pyridine rings is 1. The van der Waals surface area contributed by atoms with Gasteiger partial charge in [-0.2, -0.15) is 4.31 Å². The summed E-state index contributed by atoms with van der Waals surface area (Å²) in [7, 11) is -3.85. The molecule has 0 fully saturated rings. The number of ether oxygens (including phenoxy) is 1. The smallest absolute Gasteiger partial charge is 0.309 e. The molecule has 7 nitrogen and oxygen atoms in total. The van der Waals surface area contributed by atoms with E-state index in [1.807, 2.05) is 55.5 Å². The predicted octanol–water partition coefficient (Wildman–Crippen LogP) is 5.17. The largest absolute Gasteiger partial charge is 0.494 e. The van der Waals surface area contributed by atoms with Crippen LogP contribution in [-0.4, -0.2) is 35.4 Å². The lowest BCUT2D eigenvalue weighted by atomic mass is 10.0. The standard InChI is InChI=1S/C29H28N2O5S/c1-2-36-27-11-6-8-24(18-27)23-16-14-22(15-17-23)20-31(37(34,35)28-12-4-3-5-13-28)21-26-10-7-9-25(30-26)19-29(32)33/h3-18H,2,19-21H2,1H3,(H,32,33). The Kier molecular flexibility index (Phi) is 8.32. The third-order valence-corrected chi connectivity index (χ3v) is 7.51. The summed E-state index contributed by atoms with van der Waals surface area (Å²) < 4.78 is 34.1. The molecule has 0 radical (unpaired) electrons. The van der Waals surface area contributed by atoms with Crippen molar-refractivity contribution in [3.63, 3.8) is 0 Å². The van der Waals surface area contributed by atoms with Gasteiger partial charge in [-0.05, 0) is 60.0 Å². The fourth-order valence-corrected chi connectivity index (χ4v) is 5.38. The summed E-state index contributed by atoms with van der Waals surface area (Å²) >= 11 is 0. The average Bonchev–Trinajstić information content (AvgIpc) is 2.89. The molecule has 1 heterocycles. The minimum Gasteiger partial charge on any atom is -0.494 e. The number of sulfonamides is 1. The Bertz CT molecular complexity index is 1460. The van der Waals surface area contributed by atoms with Crippen molar-refractivity contribution in [2.75, 3.05) is 6.61 Å². The van der Waals surface area contributed by atoms with E-state index in [0.717, 1.165) is 22.4 Å². The fourth-order valence-electron chi connectivity index (χ4n) is 3.96. The lowest BCUT2D eigenvalue weighted by Gasteiger charge is -2.22. The molecule has 0 atom stereocenters. The monoisotopic (exact) mass is 516 g/mol. The number of aliphatic carboxylic acids is 1. The van der Waals surface area contributed by atoms with Gasteiger partial charge in [0.25, 0.3) is 0 Å². The molecular formula is C29H28N2O5S. The molecule has 1 N–H and O–H groups in total. The van der Waals surface area contributed by atoms with Gasteiger partial charge in [-0.25, -0.2) is 8.42 Å². The van der Waals surface area contributed by atoms with Gasteiger partial charge in [-0.1, -0.05) is 60.7 Å².